The van der Waals surface area contributed by atoms with Crippen molar-refractivity contribution in [2.45, 2.75) is 0 Å². The van der Waals surface area contributed by atoms with Crippen LogP contribution >= 0.6 is 0 Å². The van der Waals surface area contributed by atoms with Crippen LogP contribution in [0.25, 0.3) is 0 Å². The van der Waals surface area contributed by atoms with Gasteiger partial charge >= 0.3 is 11.9 Å². The first-order valence-corrected chi connectivity index (χ1v) is 17.4. The molecule has 15 nitrogen and oxygen atoms in total. The van der Waals surface area contributed by atoms with Crippen molar-refractivity contribution in [3.05, 3.63) is 71.8 Å². The van der Waals surface area contributed by atoms with Crippen molar-refractivity contribution in [3.8, 4) is 0 Å². The number of ether oxygens (including phenoxy) is 12. The van der Waals surface area contributed by atoms with Crippen LogP contribution in [-0.2, 0) is 61.6 Å². The molecule has 0 aliphatic heterocycles. The Bertz CT molecular complexity index is 1140. The summed E-state index contributed by atoms with van der Waals surface area (Å²) in [6.45, 7) is 8.61. The minimum absolute atomic E-state index is 0.00820. The number of hydrogen-bond donors (Lipinski definition) is 0. The van der Waals surface area contributed by atoms with Gasteiger partial charge in [0.15, 0.2) is 0 Å². The summed E-state index contributed by atoms with van der Waals surface area (Å²) in [5.74, 6) is -1.95. The molecule has 52 heavy (non-hydrogen) atoms. The van der Waals surface area contributed by atoms with Crippen molar-refractivity contribution in [3.63, 3.8) is 0 Å². The van der Waals surface area contributed by atoms with Crippen LogP contribution in [0.4, 0.5) is 0 Å². The van der Waals surface area contributed by atoms with Crippen molar-refractivity contribution in [2.75, 3.05) is 145 Å². The number of Topliss-reactive ketones (excluding diaryl/α,β-unsaturated/α-hetero) is 1. The number of hydrogen-bond acceptors (Lipinski definition) is 15. The SMILES string of the molecule is O=C(OCCOCCOCCOCCOCCOCCOCCOCCOCCOCCOCCOC(=O)c1ccccc1)C(=O)c1ccccc1. The highest BCUT2D eigenvalue weighted by Gasteiger charge is 2.17. The van der Waals surface area contributed by atoms with Gasteiger partial charge in [-0.15, -0.1) is 0 Å². The Kier molecular flexibility index (Phi) is 28.9. The molecule has 0 radical (unpaired) electrons. The lowest BCUT2D eigenvalue weighted by Crippen LogP contribution is -2.20. The molecule has 0 unspecified atom stereocenters. The number of esters is 2. The van der Waals surface area contributed by atoms with Crippen molar-refractivity contribution in [2.24, 2.45) is 0 Å². The molecule has 0 atom stereocenters. The molecule has 0 saturated heterocycles. The number of carbonyl (C=O) groups is 3. The van der Waals surface area contributed by atoms with E-state index in [4.69, 9.17) is 56.8 Å². The minimum atomic E-state index is -0.902. The number of carbonyl (C=O) groups excluding carboxylic acids is 3. The zero-order valence-corrected chi connectivity index (χ0v) is 30.0. The van der Waals surface area contributed by atoms with Crippen LogP contribution in [0.1, 0.15) is 20.7 Å². The molecule has 15 heteroatoms. The highest BCUT2D eigenvalue weighted by molar-refractivity contribution is 6.40. The second-order valence-electron chi connectivity index (χ2n) is 10.5. The largest absolute Gasteiger partial charge is 0.460 e. The van der Waals surface area contributed by atoms with Crippen LogP contribution in [0.3, 0.4) is 0 Å². The fraction of sp³-hybridized carbons (Fsp3) is 0.595. The molecule has 292 valence electrons. The molecular formula is C37H54O15. The monoisotopic (exact) mass is 738 g/mol. The van der Waals surface area contributed by atoms with Crippen LogP contribution in [0.2, 0.25) is 0 Å². The Hall–Kier alpha value is -3.35. The van der Waals surface area contributed by atoms with Crippen molar-refractivity contribution in [1.82, 2.24) is 0 Å². The van der Waals surface area contributed by atoms with E-state index in [0.717, 1.165) is 0 Å². The smallest absolute Gasteiger partial charge is 0.379 e. The van der Waals surface area contributed by atoms with Gasteiger partial charge in [0.2, 0.25) is 0 Å². The maximum atomic E-state index is 11.9. The van der Waals surface area contributed by atoms with Crippen LogP contribution < -0.4 is 0 Å². The summed E-state index contributed by atoms with van der Waals surface area (Å²) in [4.78, 5) is 35.4. The molecule has 2 aromatic rings. The zero-order chi connectivity index (χ0) is 37.0. The third-order valence-corrected chi connectivity index (χ3v) is 6.50. The maximum Gasteiger partial charge on any atom is 0.379 e. The van der Waals surface area contributed by atoms with Crippen LogP contribution in [0.15, 0.2) is 60.7 Å². The molecule has 0 saturated carbocycles. The quantitative estimate of drug-likeness (QED) is 0.0434. The van der Waals surface area contributed by atoms with E-state index in [1.807, 2.05) is 6.07 Å². The summed E-state index contributed by atoms with van der Waals surface area (Å²) >= 11 is 0. The normalized spacial score (nSPS) is 11.1. The van der Waals surface area contributed by atoms with E-state index in [0.29, 0.717) is 137 Å². The Morgan fingerprint density at radius 2 is 0.558 bits per heavy atom. The van der Waals surface area contributed by atoms with Crippen molar-refractivity contribution >= 4 is 17.7 Å². The topological polar surface area (TPSA) is 162 Å². The van der Waals surface area contributed by atoms with Crippen LogP contribution in [0, 0.1) is 0 Å². The van der Waals surface area contributed by atoms with E-state index in [-0.39, 0.29) is 25.8 Å². The summed E-state index contributed by atoms with van der Waals surface area (Å²) in [7, 11) is 0. The van der Waals surface area contributed by atoms with Gasteiger partial charge in [0, 0.05) is 5.56 Å². The lowest BCUT2D eigenvalue weighted by molar-refractivity contribution is -0.139. The van der Waals surface area contributed by atoms with Gasteiger partial charge in [0.05, 0.1) is 138 Å². The summed E-state index contributed by atoms with van der Waals surface area (Å²) in [5, 5.41) is 0. The zero-order valence-electron chi connectivity index (χ0n) is 30.0. The highest BCUT2D eigenvalue weighted by Crippen LogP contribution is 2.02. The van der Waals surface area contributed by atoms with Gasteiger partial charge in [-0.05, 0) is 12.1 Å². The lowest BCUT2D eigenvalue weighted by atomic mass is 10.1. The first-order valence-electron chi connectivity index (χ1n) is 17.4. The predicted octanol–water partition coefficient (Wildman–Crippen LogP) is 2.44. The van der Waals surface area contributed by atoms with E-state index < -0.39 is 11.8 Å². The first-order chi connectivity index (χ1) is 25.7. The second kappa shape index (κ2) is 33.5. The fourth-order valence-electron chi connectivity index (χ4n) is 3.90. The summed E-state index contributed by atoms with van der Waals surface area (Å²) in [5.41, 5.74) is 0.809. The first kappa shape index (κ1) is 44.8. The summed E-state index contributed by atoms with van der Waals surface area (Å²) in [6, 6.07) is 17.1. The Morgan fingerprint density at radius 3 is 0.865 bits per heavy atom. The van der Waals surface area contributed by atoms with Gasteiger partial charge in [0.1, 0.15) is 13.2 Å². The average molecular weight is 739 g/mol. The molecule has 0 aromatic heterocycles. The van der Waals surface area contributed by atoms with E-state index in [1.165, 1.54) is 0 Å². The lowest BCUT2D eigenvalue weighted by Gasteiger charge is -2.09. The molecule has 0 bridgehead atoms. The average Bonchev–Trinajstić information content (AvgIpc) is 3.18. The molecule has 0 N–H and O–H groups in total. The van der Waals surface area contributed by atoms with Gasteiger partial charge in [-0.2, -0.15) is 0 Å². The molecule has 0 aliphatic rings. The third kappa shape index (κ3) is 25.6. The van der Waals surface area contributed by atoms with Gasteiger partial charge in [0.25, 0.3) is 5.78 Å². The van der Waals surface area contributed by atoms with Crippen molar-refractivity contribution < 1.29 is 71.2 Å². The molecule has 0 spiro atoms. The third-order valence-electron chi connectivity index (χ3n) is 6.50. The number of ketones is 1. The summed E-state index contributed by atoms with van der Waals surface area (Å²) < 4.78 is 64.4. The number of benzene rings is 2. The highest BCUT2D eigenvalue weighted by atomic mass is 16.6. The molecule has 0 amide bonds. The number of rotatable bonds is 36. The molecule has 0 heterocycles. The van der Waals surface area contributed by atoms with E-state index >= 15 is 0 Å². The Balaban J connectivity index is 1.16. The van der Waals surface area contributed by atoms with E-state index in [2.05, 4.69) is 0 Å². The molecule has 2 rings (SSSR count). The van der Waals surface area contributed by atoms with Gasteiger partial charge in [-0.25, -0.2) is 9.59 Å². The van der Waals surface area contributed by atoms with Crippen LogP contribution in [-0.4, -0.2) is 163 Å². The summed E-state index contributed by atoms with van der Waals surface area (Å²) in [6.07, 6.45) is 0. The van der Waals surface area contributed by atoms with Crippen LogP contribution in [0.5, 0.6) is 0 Å². The minimum Gasteiger partial charge on any atom is -0.460 e. The predicted molar refractivity (Wildman–Crippen MR) is 187 cm³/mol. The van der Waals surface area contributed by atoms with Crippen molar-refractivity contribution in [1.29, 1.82) is 0 Å². The maximum absolute atomic E-state index is 11.9. The van der Waals surface area contributed by atoms with Gasteiger partial charge < -0.3 is 56.8 Å². The Labute approximate surface area is 305 Å². The second-order valence-corrected chi connectivity index (χ2v) is 10.5. The molecular weight excluding hydrogens is 684 g/mol. The van der Waals surface area contributed by atoms with E-state index in [9.17, 15) is 14.4 Å². The van der Waals surface area contributed by atoms with E-state index in [1.54, 1.807) is 54.6 Å². The molecule has 0 fully saturated rings. The Morgan fingerprint density at radius 1 is 0.308 bits per heavy atom. The standard InChI is InChI=1S/C37H54O15/c38-35(33-7-3-1-4-8-33)37(40)52-32-30-50-28-26-48-24-22-46-20-18-44-16-14-42-12-11-41-13-15-43-17-19-45-21-23-47-25-27-49-29-31-51-36(39)34-9-5-2-6-10-34/h1-10H,11-32H2. The van der Waals surface area contributed by atoms with Gasteiger partial charge in [-0.1, -0.05) is 48.5 Å². The van der Waals surface area contributed by atoms with Gasteiger partial charge in [-0.3, -0.25) is 4.79 Å². The molecule has 0 aliphatic carbocycles. The fourth-order valence-corrected chi connectivity index (χ4v) is 3.90. The molecule has 2 aromatic carbocycles.